The summed E-state index contributed by atoms with van der Waals surface area (Å²) in [5, 5.41) is 5.11. The zero-order valence-electron chi connectivity index (χ0n) is 20.5. The van der Waals surface area contributed by atoms with Gasteiger partial charge in [0.2, 0.25) is 0 Å². The third kappa shape index (κ3) is 5.13. The SMILES string of the molecule is CCCCOc1ccc(C(=O)Nc2sc3c(c2-c2nc4ccccc4s2)CCN(C(C)C)C3)cc1. The first-order valence-electron chi connectivity index (χ1n) is 12.3. The highest BCUT2D eigenvalue weighted by atomic mass is 32.1. The van der Waals surface area contributed by atoms with Crippen molar-refractivity contribution in [3.05, 3.63) is 64.5 Å². The van der Waals surface area contributed by atoms with Gasteiger partial charge in [0.15, 0.2) is 0 Å². The Morgan fingerprint density at radius 2 is 1.94 bits per heavy atom. The zero-order valence-corrected chi connectivity index (χ0v) is 22.1. The molecule has 0 saturated heterocycles. The van der Waals surface area contributed by atoms with Gasteiger partial charge in [0, 0.05) is 35.1 Å². The number of thiophene rings is 1. The normalized spacial score (nSPS) is 13.8. The van der Waals surface area contributed by atoms with Crippen LogP contribution in [-0.4, -0.2) is 35.0 Å². The highest BCUT2D eigenvalue weighted by Crippen LogP contribution is 2.46. The van der Waals surface area contributed by atoms with Crippen LogP contribution in [0, 0.1) is 0 Å². The van der Waals surface area contributed by atoms with E-state index in [0.29, 0.717) is 18.2 Å². The molecule has 7 heteroatoms. The van der Waals surface area contributed by atoms with E-state index in [2.05, 4.69) is 43.1 Å². The largest absolute Gasteiger partial charge is 0.494 e. The van der Waals surface area contributed by atoms with Crippen molar-refractivity contribution in [2.75, 3.05) is 18.5 Å². The average molecular weight is 506 g/mol. The van der Waals surface area contributed by atoms with Gasteiger partial charge in [-0.1, -0.05) is 25.5 Å². The van der Waals surface area contributed by atoms with Crippen LogP contribution in [0.15, 0.2) is 48.5 Å². The number of unbranched alkanes of at least 4 members (excludes halogenated alkanes) is 1. The second-order valence-corrected chi connectivity index (χ2v) is 11.3. The molecular formula is C28H31N3O2S2. The van der Waals surface area contributed by atoms with E-state index in [1.165, 1.54) is 10.4 Å². The number of nitrogens with one attached hydrogen (secondary N) is 1. The molecule has 5 rings (SSSR count). The predicted octanol–water partition coefficient (Wildman–Crippen LogP) is 7.22. The summed E-state index contributed by atoms with van der Waals surface area (Å²) in [4.78, 5) is 22.0. The van der Waals surface area contributed by atoms with Gasteiger partial charge in [-0.25, -0.2) is 4.98 Å². The maximum absolute atomic E-state index is 13.3. The van der Waals surface area contributed by atoms with Crippen LogP contribution in [0.5, 0.6) is 5.75 Å². The van der Waals surface area contributed by atoms with Gasteiger partial charge in [0.05, 0.1) is 16.8 Å². The lowest BCUT2D eigenvalue weighted by Crippen LogP contribution is -2.35. The Labute approximate surface area is 214 Å². The van der Waals surface area contributed by atoms with Crippen molar-refractivity contribution < 1.29 is 9.53 Å². The van der Waals surface area contributed by atoms with Crippen molar-refractivity contribution in [1.82, 2.24) is 9.88 Å². The van der Waals surface area contributed by atoms with E-state index in [4.69, 9.17) is 9.72 Å². The maximum Gasteiger partial charge on any atom is 0.256 e. The molecule has 4 aromatic rings. The molecule has 0 aliphatic carbocycles. The number of anilines is 1. The number of thiazole rings is 1. The molecular weight excluding hydrogens is 474 g/mol. The van der Waals surface area contributed by atoms with Gasteiger partial charge < -0.3 is 10.1 Å². The topological polar surface area (TPSA) is 54.5 Å². The van der Waals surface area contributed by atoms with E-state index < -0.39 is 0 Å². The molecule has 1 N–H and O–H groups in total. The molecule has 0 radical (unpaired) electrons. The van der Waals surface area contributed by atoms with Gasteiger partial charge in [0.25, 0.3) is 5.91 Å². The van der Waals surface area contributed by atoms with Crippen LogP contribution in [0.25, 0.3) is 20.8 Å². The summed E-state index contributed by atoms with van der Waals surface area (Å²) >= 11 is 3.39. The number of hydrogen-bond donors (Lipinski definition) is 1. The van der Waals surface area contributed by atoms with E-state index in [9.17, 15) is 4.79 Å². The fourth-order valence-corrected chi connectivity index (χ4v) is 6.75. The molecule has 0 fully saturated rings. The number of hydrogen-bond acceptors (Lipinski definition) is 6. The number of rotatable bonds is 8. The lowest BCUT2D eigenvalue weighted by atomic mass is 10.0. The van der Waals surface area contributed by atoms with Crippen molar-refractivity contribution in [3.8, 4) is 16.3 Å². The lowest BCUT2D eigenvalue weighted by molar-refractivity contribution is 0.102. The Kier molecular flexibility index (Phi) is 7.18. The number of aromatic nitrogens is 1. The number of amides is 1. The van der Waals surface area contributed by atoms with Crippen molar-refractivity contribution in [3.63, 3.8) is 0 Å². The van der Waals surface area contributed by atoms with E-state index >= 15 is 0 Å². The van der Waals surface area contributed by atoms with Gasteiger partial charge in [-0.3, -0.25) is 9.69 Å². The molecule has 1 aliphatic rings. The minimum Gasteiger partial charge on any atom is -0.494 e. The fourth-order valence-electron chi connectivity index (χ4n) is 4.37. The van der Waals surface area contributed by atoms with Gasteiger partial charge in [-0.15, -0.1) is 22.7 Å². The van der Waals surface area contributed by atoms with Crippen LogP contribution < -0.4 is 10.1 Å². The Morgan fingerprint density at radius 3 is 2.69 bits per heavy atom. The van der Waals surface area contributed by atoms with Crippen molar-refractivity contribution in [2.24, 2.45) is 0 Å². The van der Waals surface area contributed by atoms with E-state index in [0.717, 1.165) is 63.9 Å². The molecule has 3 heterocycles. The molecule has 1 amide bonds. The standard InChI is InChI=1S/C28H31N3O2S2/c1-4-5-16-33-20-12-10-19(11-13-20)26(32)30-28-25(27-29-22-8-6-7-9-23(22)34-27)21-14-15-31(18(2)3)17-24(21)35-28/h6-13,18H,4-5,14-17H2,1-3H3,(H,30,32). The second-order valence-electron chi connectivity index (χ2n) is 9.19. The molecule has 1 aliphatic heterocycles. The highest BCUT2D eigenvalue weighted by molar-refractivity contribution is 7.23. The fraction of sp³-hybridized carbons (Fsp3) is 0.357. The van der Waals surface area contributed by atoms with Gasteiger partial charge in [-0.05, 0) is 68.7 Å². The number of carbonyl (C=O) groups excluding carboxylic acids is 1. The van der Waals surface area contributed by atoms with Crippen LogP contribution in [0.1, 0.15) is 54.4 Å². The Balaban J connectivity index is 1.45. The number of fused-ring (bicyclic) bond motifs is 2. The molecule has 5 nitrogen and oxygen atoms in total. The molecule has 0 bridgehead atoms. The Morgan fingerprint density at radius 1 is 1.14 bits per heavy atom. The van der Waals surface area contributed by atoms with Gasteiger partial charge in [-0.2, -0.15) is 0 Å². The van der Waals surface area contributed by atoms with E-state index in [-0.39, 0.29) is 5.91 Å². The number of benzene rings is 2. The molecule has 2 aromatic heterocycles. The minimum absolute atomic E-state index is 0.105. The summed E-state index contributed by atoms with van der Waals surface area (Å²) < 4.78 is 6.91. The monoisotopic (exact) mass is 505 g/mol. The summed E-state index contributed by atoms with van der Waals surface area (Å²) in [5.41, 5.74) is 4.06. The summed E-state index contributed by atoms with van der Waals surface area (Å²) in [6.45, 7) is 9.25. The summed E-state index contributed by atoms with van der Waals surface area (Å²) in [6, 6.07) is 16.1. The van der Waals surface area contributed by atoms with E-state index in [1.807, 2.05) is 36.4 Å². The molecule has 0 spiro atoms. The number of para-hydroxylation sites is 1. The van der Waals surface area contributed by atoms with Gasteiger partial charge in [0.1, 0.15) is 15.8 Å². The predicted molar refractivity (Wildman–Crippen MR) is 147 cm³/mol. The third-order valence-corrected chi connectivity index (χ3v) is 8.62. The lowest BCUT2D eigenvalue weighted by Gasteiger charge is -2.30. The number of nitrogens with zero attached hydrogens (tertiary/aromatic N) is 2. The number of carbonyl (C=O) groups is 1. The first-order chi connectivity index (χ1) is 17.0. The van der Waals surface area contributed by atoms with E-state index in [1.54, 1.807) is 22.7 Å². The van der Waals surface area contributed by atoms with Crippen molar-refractivity contribution in [2.45, 2.75) is 52.6 Å². The smallest absolute Gasteiger partial charge is 0.256 e. The average Bonchev–Trinajstić information content (AvgIpc) is 3.44. The van der Waals surface area contributed by atoms with Crippen molar-refractivity contribution >= 4 is 43.8 Å². The van der Waals surface area contributed by atoms with Crippen LogP contribution >= 0.6 is 22.7 Å². The van der Waals surface area contributed by atoms with Crippen LogP contribution in [0.2, 0.25) is 0 Å². The molecule has 182 valence electrons. The first-order valence-corrected chi connectivity index (χ1v) is 14.0. The minimum atomic E-state index is -0.105. The van der Waals surface area contributed by atoms with Crippen molar-refractivity contribution in [1.29, 1.82) is 0 Å². The molecule has 2 aromatic carbocycles. The van der Waals surface area contributed by atoms with Crippen LogP contribution in [0.4, 0.5) is 5.00 Å². The number of ether oxygens (including phenoxy) is 1. The summed E-state index contributed by atoms with van der Waals surface area (Å²) in [6.07, 6.45) is 3.08. The van der Waals surface area contributed by atoms with Crippen LogP contribution in [-0.2, 0) is 13.0 Å². The second kappa shape index (κ2) is 10.5. The zero-order chi connectivity index (χ0) is 24.4. The molecule has 35 heavy (non-hydrogen) atoms. The Hall–Kier alpha value is -2.74. The molecule has 0 saturated carbocycles. The quantitative estimate of drug-likeness (QED) is 0.257. The summed E-state index contributed by atoms with van der Waals surface area (Å²) in [7, 11) is 0. The third-order valence-electron chi connectivity index (χ3n) is 6.43. The highest BCUT2D eigenvalue weighted by Gasteiger charge is 2.28. The summed E-state index contributed by atoms with van der Waals surface area (Å²) in [5.74, 6) is 0.692. The maximum atomic E-state index is 13.3. The Bertz CT molecular complexity index is 1290. The van der Waals surface area contributed by atoms with Crippen LogP contribution in [0.3, 0.4) is 0 Å². The first kappa shape index (κ1) is 24.0. The molecule has 0 unspecified atom stereocenters. The molecule has 0 atom stereocenters. The van der Waals surface area contributed by atoms with Gasteiger partial charge >= 0.3 is 0 Å².